The Morgan fingerprint density at radius 1 is 1.04 bits per heavy atom. The van der Waals surface area contributed by atoms with Crippen molar-refractivity contribution in [3.63, 3.8) is 0 Å². The Morgan fingerprint density at radius 2 is 1.83 bits per heavy atom. The molecule has 1 fully saturated rings. The standard InChI is InChI=1S/C19H19NO3/c1-22-16-9-8-13(12-17(16)23-2)19-10-5-11-20(19)18(21)14-6-3-4-7-15(14)19/h3-4,6-9,12H,5,10-11H2,1-2H3. The number of ether oxygens (including phenoxy) is 2. The summed E-state index contributed by atoms with van der Waals surface area (Å²) in [5.41, 5.74) is 2.65. The average molecular weight is 309 g/mol. The molecule has 2 aliphatic heterocycles. The van der Waals surface area contributed by atoms with E-state index in [1.165, 1.54) is 0 Å². The van der Waals surface area contributed by atoms with Gasteiger partial charge in [0.2, 0.25) is 0 Å². The fourth-order valence-electron chi connectivity index (χ4n) is 4.10. The lowest BCUT2D eigenvalue weighted by molar-refractivity contribution is 0.0711. The van der Waals surface area contributed by atoms with Crippen LogP contribution in [0.2, 0.25) is 0 Å². The molecule has 2 aliphatic rings. The maximum Gasteiger partial charge on any atom is 0.255 e. The van der Waals surface area contributed by atoms with E-state index in [9.17, 15) is 4.79 Å². The first-order chi connectivity index (χ1) is 11.2. The summed E-state index contributed by atoms with van der Waals surface area (Å²) in [4.78, 5) is 14.8. The predicted molar refractivity (Wildman–Crippen MR) is 87.0 cm³/mol. The smallest absolute Gasteiger partial charge is 0.255 e. The minimum atomic E-state index is -0.368. The number of hydrogen-bond acceptors (Lipinski definition) is 3. The number of carbonyl (C=O) groups is 1. The van der Waals surface area contributed by atoms with E-state index in [0.29, 0.717) is 11.5 Å². The molecule has 1 amide bonds. The first kappa shape index (κ1) is 14.1. The molecule has 1 atom stereocenters. The van der Waals surface area contributed by atoms with Crippen molar-refractivity contribution in [3.05, 3.63) is 59.2 Å². The fraction of sp³-hybridized carbons (Fsp3) is 0.316. The number of benzene rings is 2. The molecule has 4 heteroatoms. The van der Waals surface area contributed by atoms with E-state index in [-0.39, 0.29) is 11.4 Å². The van der Waals surface area contributed by atoms with Crippen molar-refractivity contribution in [1.82, 2.24) is 4.90 Å². The number of nitrogens with zero attached hydrogens (tertiary/aromatic N) is 1. The van der Waals surface area contributed by atoms with Crippen molar-refractivity contribution in [1.29, 1.82) is 0 Å². The lowest BCUT2D eigenvalue weighted by Crippen LogP contribution is -2.39. The van der Waals surface area contributed by atoms with Gasteiger partial charge in [-0.25, -0.2) is 0 Å². The SMILES string of the molecule is COc1ccc(C23CCCN2C(=O)c2ccccc23)cc1OC. The first-order valence-corrected chi connectivity index (χ1v) is 7.86. The first-order valence-electron chi connectivity index (χ1n) is 7.86. The van der Waals surface area contributed by atoms with Crippen molar-refractivity contribution in [2.75, 3.05) is 20.8 Å². The highest BCUT2D eigenvalue weighted by molar-refractivity contribution is 6.01. The third-order valence-corrected chi connectivity index (χ3v) is 5.09. The zero-order chi connectivity index (χ0) is 16.0. The van der Waals surface area contributed by atoms with Crippen LogP contribution in [-0.2, 0) is 5.54 Å². The van der Waals surface area contributed by atoms with Crippen molar-refractivity contribution >= 4 is 5.91 Å². The monoisotopic (exact) mass is 309 g/mol. The Bertz CT molecular complexity index is 786. The molecule has 4 nitrogen and oxygen atoms in total. The summed E-state index contributed by atoms with van der Waals surface area (Å²) in [7, 11) is 3.27. The van der Waals surface area contributed by atoms with E-state index < -0.39 is 0 Å². The van der Waals surface area contributed by atoms with Crippen LogP contribution in [0.25, 0.3) is 0 Å². The van der Waals surface area contributed by atoms with Crippen molar-refractivity contribution in [2.24, 2.45) is 0 Å². The molecule has 2 aromatic rings. The van der Waals surface area contributed by atoms with Gasteiger partial charge in [-0.2, -0.15) is 0 Å². The van der Waals surface area contributed by atoms with Gasteiger partial charge in [0, 0.05) is 12.1 Å². The van der Waals surface area contributed by atoms with E-state index in [4.69, 9.17) is 9.47 Å². The number of fused-ring (bicyclic) bond motifs is 3. The topological polar surface area (TPSA) is 38.8 Å². The highest BCUT2D eigenvalue weighted by atomic mass is 16.5. The molecule has 118 valence electrons. The van der Waals surface area contributed by atoms with E-state index in [1.807, 2.05) is 35.2 Å². The van der Waals surface area contributed by atoms with Crippen LogP contribution in [-0.4, -0.2) is 31.6 Å². The Labute approximate surface area is 135 Å². The quantitative estimate of drug-likeness (QED) is 0.874. The van der Waals surface area contributed by atoms with Crippen LogP contribution in [0, 0.1) is 0 Å². The van der Waals surface area contributed by atoms with Crippen LogP contribution in [0.4, 0.5) is 0 Å². The summed E-state index contributed by atoms with van der Waals surface area (Å²) in [6.45, 7) is 0.794. The number of hydrogen-bond donors (Lipinski definition) is 0. The third kappa shape index (κ3) is 1.75. The normalized spacial score (nSPS) is 22.0. The third-order valence-electron chi connectivity index (χ3n) is 5.09. The molecule has 0 spiro atoms. The van der Waals surface area contributed by atoms with E-state index in [0.717, 1.165) is 36.1 Å². The van der Waals surface area contributed by atoms with Crippen molar-refractivity contribution in [3.8, 4) is 11.5 Å². The largest absolute Gasteiger partial charge is 0.493 e. The second kappa shape index (κ2) is 5.01. The number of rotatable bonds is 3. The van der Waals surface area contributed by atoms with Crippen LogP contribution >= 0.6 is 0 Å². The number of methoxy groups -OCH3 is 2. The molecule has 1 unspecified atom stereocenters. The van der Waals surface area contributed by atoms with Crippen LogP contribution in [0.3, 0.4) is 0 Å². The van der Waals surface area contributed by atoms with Gasteiger partial charge < -0.3 is 14.4 Å². The van der Waals surface area contributed by atoms with Gasteiger partial charge in [0.25, 0.3) is 5.91 Å². The van der Waals surface area contributed by atoms with Crippen LogP contribution in [0.5, 0.6) is 11.5 Å². The minimum Gasteiger partial charge on any atom is -0.493 e. The molecule has 0 aliphatic carbocycles. The van der Waals surface area contributed by atoms with Crippen LogP contribution in [0.1, 0.15) is 34.3 Å². The zero-order valence-corrected chi connectivity index (χ0v) is 13.3. The predicted octanol–water partition coefficient (Wildman–Crippen LogP) is 3.20. The van der Waals surface area contributed by atoms with Gasteiger partial charge in [0.05, 0.1) is 19.8 Å². The summed E-state index contributed by atoms with van der Waals surface area (Å²) in [5.74, 6) is 1.53. The Hall–Kier alpha value is -2.49. The molecule has 2 heterocycles. The van der Waals surface area contributed by atoms with Gasteiger partial charge in [0.1, 0.15) is 0 Å². The van der Waals surface area contributed by atoms with Gasteiger partial charge >= 0.3 is 0 Å². The molecular weight excluding hydrogens is 290 g/mol. The second-order valence-electron chi connectivity index (χ2n) is 6.04. The molecular formula is C19H19NO3. The van der Waals surface area contributed by atoms with E-state index in [1.54, 1.807) is 14.2 Å². The number of amides is 1. The van der Waals surface area contributed by atoms with Gasteiger partial charge in [0.15, 0.2) is 11.5 Å². The molecule has 2 aromatic carbocycles. The molecule has 0 aromatic heterocycles. The molecule has 0 N–H and O–H groups in total. The molecule has 23 heavy (non-hydrogen) atoms. The maximum absolute atomic E-state index is 12.8. The molecule has 0 radical (unpaired) electrons. The summed E-state index contributed by atoms with van der Waals surface area (Å²) < 4.78 is 10.8. The van der Waals surface area contributed by atoms with Crippen LogP contribution < -0.4 is 9.47 Å². The van der Waals surface area contributed by atoms with E-state index in [2.05, 4.69) is 12.1 Å². The van der Waals surface area contributed by atoms with Gasteiger partial charge in [-0.15, -0.1) is 0 Å². The Balaban J connectivity index is 1.94. The summed E-state index contributed by atoms with van der Waals surface area (Å²) in [6.07, 6.45) is 1.94. The van der Waals surface area contributed by atoms with Gasteiger partial charge in [-0.3, -0.25) is 4.79 Å². The van der Waals surface area contributed by atoms with Crippen molar-refractivity contribution < 1.29 is 14.3 Å². The lowest BCUT2D eigenvalue weighted by Gasteiger charge is -2.34. The lowest BCUT2D eigenvalue weighted by atomic mass is 9.81. The highest BCUT2D eigenvalue weighted by Gasteiger charge is 2.53. The molecule has 0 saturated carbocycles. The second-order valence-corrected chi connectivity index (χ2v) is 6.04. The van der Waals surface area contributed by atoms with Gasteiger partial charge in [-0.05, 0) is 42.2 Å². The highest BCUT2D eigenvalue weighted by Crippen LogP contribution is 2.51. The Morgan fingerprint density at radius 3 is 2.61 bits per heavy atom. The molecule has 0 bridgehead atoms. The zero-order valence-electron chi connectivity index (χ0n) is 13.3. The summed E-state index contributed by atoms with van der Waals surface area (Å²) in [5, 5.41) is 0. The molecule has 1 saturated heterocycles. The van der Waals surface area contributed by atoms with Gasteiger partial charge in [-0.1, -0.05) is 24.3 Å². The van der Waals surface area contributed by atoms with E-state index >= 15 is 0 Å². The van der Waals surface area contributed by atoms with Crippen LogP contribution in [0.15, 0.2) is 42.5 Å². The fourth-order valence-corrected chi connectivity index (χ4v) is 4.10. The minimum absolute atomic E-state index is 0.132. The van der Waals surface area contributed by atoms with Crippen molar-refractivity contribution in [2.45, 2.75) is 18.4 Å². The molecule has 4 rings (SSSR count). The number of carbonyl (C=O) groups excluding carboxylic acids is 1. The average Bonchev–Trinajstić information content (AvgIpc) is 3.14. The summed E-state index contributed by atoms with van der Waals surface area (Å²) in [6, 6.07) is 13.9. The summed E-state index contributed by atoms with van der Waals surface area (Å²) >= 11 is 0. The Kier molecular flexibility index (Phi) is 3.08. The maximum atomic E-state index is 12.8.